The summed E-state index contributed by atoms with van der Waals surface area (Å²) < 4.78 is 7.35. The number of benzene rings is 1. The van der Waals surface area contributed by atoms with Crippen molar-refractivity contribution in [1.82, 2.24) is 14.7 Å². The number of likely N-dealkylation sites (N-methyl/N-ethyl adjacent to an activating group) is 2. The molecule has 2 fully saturated rings. The summed E-state index contributed by atoms with van der Waals surface area (Å²) in [7, 11) is 4.92. The summed E-state index contributed by atoms with van der Waals surface area (Å²) in [5.74, 6) is 2.45. The van der Waals surface area contributed by atoms with Crippen molar-refractivity contribution in [3.8, 4) is 5.75 Å². The molecular weight excluding hydrogens is 408 g/mol. The lowest BCUT2D eigenvalue weighted by Crippen LogP contribution is -2.61. The fourth-order valence-corrected chi connectivity index (χ4v) is 4.54. The average molecular weight is 442 g/mol. The number of amidine groups is 2. The second-order valence-corrected chi connectivity index (χ2v) is 9.04. The number of urea groups is 1. The molecule has 1 aromatic rings. The highest BCUT2D eigenvalue weighted by Crippen LogP contribution is 2.22. The number of ether oxygens (including phenoxy) is 1. The van der Waals surface area contributed by atoms with Crippen LogP contribution >= 0.6 is 0 Å². The number of carbonyl (C=O) groups excluding carboxylic acids is 2. The van der Waals surface area contributed by atoms with Gasteiger partial charge in [0, 0.05) is 46.0 Å². The van der Waals surface area contributed by atoms with E-state index in [0.717, 1.165) is 44.3 Å². The lowest BCUT2D eigenvalue weighted by Gasteiger charge is -2.35. The molecule has 1 unspecified atom stereocenters. The van der Waals surface area contributed by atoms with Gasteiger partial charge in [0.2, 0.25) is 0 Å². The van der Waals surface area contributed by atoms with Gasteiger partial charge in [-0.1, -0.05) is 13.8 Å². The van der Waals surface area contributed by atoms with E-state index < -0.39 is 6.04 Å². The van der Waals surface area contributed by atoms with Crippen LogP contribution in [0, 0.1) is 5.92 Å². The molecule has 0 spiro atoms. The summed E-state index contributed by atoms with van der Waals surface area (Å²) in [6, 6.07) is 7.32. The zero-order chi connectivity index (χ0) is 23.0. The molecule has 1 atom stereocenters. The van der Waals surface area contributed by atoms with Crippen molar-refractivity contribution in [1.29, 1.82) is 0 Å². The molecule has 0 N–H and O–H groups in total. The third kappa shape index (κ3) is 4.09. The molecule has 9 nitrogen and oxygen atoms in total. The summed E-state index contributed by atoms with van der Waals surface area (Å²) in [4.78, 5) is 37.6. The van der Waals surface area contributed by atoms with Crippen molar-refractivity contribution >= 4 is 29.3 Å². The number of hydrogen-bond acceptors (Lipinski definition) is 6. The van der Waals surface area contributed by atoms with Crippen LogP contribution in [0.3, 0.4) is 0 Å². The highest BCUT2D eigenvalue weighted by atomic mass is 16.5. The van der Waals surface area contributed by atoms with Crippen molar-refractivity contribution in [3.05, 3.63) is 24.3 Å². The Labute approximate surface area is 189 Å². The molecule has 172 valence electrons. The van der Waals surface area contributed by atoms with Crippen LogP contribution in [0.2, 0.25) is 0 Å². The van der Waals surface area contributed by atoms with Crippen molar-refractivity contribution in [2.45, 2.75) is 19.9 Å². The molecule has 9 heteroatoms. The summed E-state index contributed by atoms with van der Waals surface area (Å²) >= 11 is 0. The Kier molecular flexibility index (Phi) is 6.19. The number of anilines is 1. The molecular formula is C23H33N6O3+. The monoisotopic (exact) mass is 441 g/mol. The van der Waals surface area contributed by atoms with E-state index in [1.165, 1.54) is 15.5 Å². The topological polar surface area (TPSA) is 71.7 Å². The molecule has 0 aromatic heterocycles. The first-order valence-corrected chi connectivity index (χ1v) is 11.2. The Bertz CT molecular complexity index is 947. The van der Waals surface area contributed by atoms with Crippen LogP contribution in [0.1, 0.15) is 13.8 Å². The number of methoxy groups -OCH3 is 1. The second kappa shape index (κ2) is 8.90. The molecule has 4 rings (SSSR count). The van der Waals surface area contributed by atoms with E-state index in [1.54, 1.807) is 21.2 Å². The standard InChI is InChI=1S/C23H33N6O3/c1-16(2)14-29-19(24-21-20(29)22(30)26(4)23(31)25(21)3)15-27-10-12-28(13-11-27)17-6-8-18(32-5)9-7-17/h6-9,16,20H,10-15H2,1-5H3/q+1. The van der Waals surface area contributed by atoms with E-state index >= 15 is 0 Å². The molecule has 0 radical (unpaired) electrons. The minimum absolute atomic E-state index is 0.202. The molecule has 3 aliphatic rings. The van der Waals surface area contributed by atoms with E-state index in [4.69, 9.17) is 9.73 Å². The minimum atomic E-state index is -0.513. The number of rotatable bonds is 6. The van der Waals surface area contributed by atoms with Gasteiger partial charge in [0.1, 0.15) is 12.3 Å². The van der Waals surface area contributed by atoms with E-state index in [2.05, 4.69) is 40.4 Å². The Balaban J connectivity index is 1.48. The fraction of sp³-hybridized carbons (Fsp3) is 0.565. The molecule has 3 amide bonds. The predicted molar refractivity (Wildman–Crippen MR) is 124 cm³/mol. The molecule has 3 heterocycles. The van der Waals surface area contributed by atoms with E-state index in [0.29, 0.717) is 18.3 Å². The molecule has 0 aliphatic carbocycles. The maximum atomic E-state index is 13.0. The molecule has 3 aliphatic heterocycles. The number of fused-ring (bicyclic) bond motifs is 1. The number of aliphatic imine (C=N–C) groups is 1. The average Bonchev–Trinajstić information content (AvgIpc) is 3.14. The molecule has 32 heavy (non-hydrogen) atoms. The normalized spacial score (nSPS) is 22.1. The summed E-state index contributed by atoms with van der Waals surface area (Å²) in [5.41, 5.74) is 1.19. The maximum Gasteiger partial charge on any atom is 0.333 e. The smallest absolute Gasteiger partial charge is 0.333 e. The summed E-state index contributed by atoms with van der Waals surface area (Å²) in [6.45, 7) is 9.31. The lowest BCUT2D eigenvalue weighted by atomic mass is 10.1. The minimum Gasteiger partial charge on any atom is -0.497 e. The number of piperazine rings is 1. The van der Waals surface area contributed by atoms with E-state index in [-0.39, 0.29) is 11.9 Å². The third-order valence-electron chi connectivity index (χ3n) is 6.35. The van der Waals surface area contributed by atoms with E-state index in [9.17, 15) is 9.59 Å². The first-order chi connectivity index (χ1) is 15.3. The van der Waals surface area contributed by atoms with Crippen LogP contribution in [0.25, 0.3) is 0 Å². The van der Waals surface area contributed by atoms with Gasteiger partial charge >= 0.3 is 11.9 Å². The van der Waals surface area contributed by atoms with Crippen LogP contribution in [-0.2, 0) is 4.79 Å². The Morgan fingerprint density at radius 2 is 1.72 bits per heavy atom. The lowest BCUT2D eigenvalue weighted by molar-refractivity contribution is -0.542. The van der Waals surface area contributed by atoms with Gasteiger partial charge < -0.3 is 9.64 Å². The van der Waals surface area contributed by atoms with Gasteiger partial charge in [0.15, 0.2) is 0 Å². The summed E-state index contributed by atoms with van der Waals surface area (Å²) in [6.07, 6.45) is 0. The molecule has 0 bridgehead atoms. The zero-order valence-electron chi connectivity index (χ0n) is 19.6. The summed E-state index contributed by atoms with van der Waals surface area (Å²) in [5, 5.41) is 0. The highest BCUT2D eigenvalue weighted by Gasteiger charge is 2.53. The molecule has 2 saturated heterocycles. The zero-order valence-corrected chi connectivity index (χ0v) is 19.6. The van der Waals surface area contributed by atoms with Crippen molar-refractivity contribution in [2.75, 3.05) is 65.4 Å². The second-order valence-electron chi connectivity index (χ2n) is 9.04. The van der Waals surface area contributed by atoms with Gasteiger partial charge in [-0.3, -0.25) is 19.5 Å². The van der Waals surface area contributed by atoms with Gasteiger partial charge in [0.05, 0.1) is 13.7 Å². The van der Waals surface area contributed by atoms with Crippen LogP contribution in [0.15, 0.2) is 29.3 Å². The number of hydrogen-bond donors (Lipinski definition) is 0. The van der Waals surface area contributed by atoms with Crippen molar-refractivity contribution < 1.29 is 18.9 Å². The van der Waals surface area contributed by atoms with Crippen LogP contribution in [0.4, 0.5) is 10.5 Å². The maximum absolute atomic E-state index is 13.0. The molecule has 1 aromatic carbocycles. The number of nitrogens with zero attached hydrogens (tertiary/aromatic N) is 6. The van der Waals surface area contributed by atoms with Crippen molar-refractivity contribution in [2.24, 2.45) is 10.9 Å². The SMILES string of the molecule is COc1ccc(N2CCN(CC3=[N+](CC(C)C)C4C(=O)N(C)C(=O)N(C)C4=N3)CC2)cc1. The van der Waals surface area contributed by atoms with Gasteiger partial charge in [-0.15, -0.1) is 0 Å². The Morgan fingerprint density at radius 3 is 2.31 bits per heavy atom. The quantitative estimate of drug-likeness (QED) is 0.620. The van der Waals surface area contributed by atoms with Crippen LogP contribution in [0.5, 0.6) is 5.75 Å². The Morgan fingerprint density at radius 1 is 1.06 bits per heavy atom. The van der Waals surface area contributed by atoms with Gasteiger partial charge in [-0.25, -0.2) is 9.37 Å². The fourth-order valence-electron chi connectivity index (χ4n) is 4.54. The van der Waals surface area contributed by atoms with Crippen molar-refractivity contribution in [3.63, 3.8) is 0 Å². The highest BCUT2D eigenvalue weighted by molar-refractivity contribution is 6.23. The third-order valence-corrected chi connectivity index (χ3v) is 6.35. The first-order valence-electron chi connectivity index (χ1n) is 11.2. The number of amides is 3. The first kappa shape index (κ1) is 22.3. The number of imide groups is 1. The van der Waals surface area contributed by atoms with Gasteiger partial charge in [-0.2, -0.15) is 0 Å². The van der Waals surface area contributed by atoms with Crippen LogP contribution < -0.4 is 9.64 Å². The van der Waals surface area contributed by atoms with E-state index in [1.807, 2.05) is 12.1 Å². The number of carbonyl (C=O) groups is 2. The predicted octanol–water partition coefficient (Wildman–Crippen LogP) is 1.19. The largest absolute Gasteiger partial charge is 0.497 e. The Hall–Kier alpha value is -2.94. The van der Waals surface area contributed by atoms with Gasteiger partial charge in [0.25, 0.3) is 17.8 Å². The van der Waals surface area contributed by atoms with Crippen LogP contribution in [-0.4, -0.2) is 109 Å². The van der Waals surface area contributed by atoms with Gasteiger partial charge in [-0.05, 0) is 35.2 Å². The molecule has 0 saturated carbocycles.